The summed E-state index contributed by atoms with van der Waals surface area (Å²) in [5, 5.41) is 0.364. The van der Waals surface area contributed by atoms with E-state index in [1.54, 1.807) is 12.1 Å². The van der Waals surface area contributed by atoms with Gasteiger partial charge in [-0.3, -0.25) is 0 Å². The zero-order chi connectivity index (χ0) is 14.8. The maximum absolute atomic E-state index is 12.1. The number of nitrogens with zero attached hydrogens (tertiary/aromatic N) is 2. The molecule has 0 atom stereocenters. The SMILES string of the molecule is FC(F)Oc1ccc(-c2nc(Cl)c3c(n2)CCOC3)cc1. The molecule has 1 aromatic carbocycles. The molecule has 0 bridgehead atoms. The fourth-order valence-corrected chi connectivity index (χ4v) is 2.35. The lowest BCUT2D eigenvalue weighted by molar-refractivity contribution is -0.0498. The number of hydrogen-bond acceptors (Lipinski definition) is 4. The normalized spacial score (nSPS) is 14.1. The number of hydrogen-bond donors (Lipinski definition) is 0. The van der Waals surface area contributed by atoms with Gasteiger partial charge >= 0.3 is 6.61 Å². The number of aromatic nitrogens is 2. The number of halogens is 3. The van der Waals surface area contributed by atoms with E-state index < -0.39 is 6.61 Å². The number of rotatable bonds is 3. The Morgan fingerprint density at radius 2 is 1.95 bits per heavy atom. The maximum atomic E-state index is 12.1. The first-order valence-electron chi connectivity index (χ1n) is 6.32. The van der Waals surface area contributed by atoms with Crippen LogP contribution < -0.4 is 4.74 Å². The minimum absolute atomic E-state index is 0.0891. The van der Waals surface area contributed by atoms with Crippen molar-refractivity contribution in [2.75, 3.05) is 6.61 Å². The van der Waals surface area contributed by atoms with Crippen molar-refractivity contribution in [1.82, 2.24) is 9.97 Å². The minimum atomic E-state index is -2.84. The molecule has 1 aromatic heterocycles. The molecule has 0 saturated carbocycles. The Hall–Kier alpha value is -1.79. The zero-order valence-electron chi connectivity index (χ0n) is 10.9. The molecule has 7 heteroatoms. The van der Waals surface area contributed by atoms with Crippen LogP contribution in [0.15, 0.2) is 24.3 Å². The summed E-state index contributed by atoms with van der Waals surface area (Å²) in [6, 6.07) is 6.13. The summed E-state index contributed by atoms with van der Waals surface area (Å²) in [6.45, 7) is -1.83. The van der Waals surface area contributed by atoms with Gasteiger partial charge in [0.15, 0.2) is 5.82 Å². The van der Waals surface area contributed by atoms with Crippen LogP contribution in [0.5, 0.6) is 5.75 Å². The lowest BCUT2D eigenvalue weighted by Crippen LogP contribution is -2.14. The molecule has 0 spiro atoms. The topological polar surface area (TPSA) is 44.2 Å². The Balaban J connectivity index is 1.91. The molecule has 0 N–H and O–H groups in total. The van der Waals surface area contributed by atoms with Crippen molar-refractivity contribution in [2.24, 2.45) is 0 Å². The standard InChI is InChI=1S/C14H11ClF2N2O2/c15-12-10-7-20-6-5-11(10)18-13(19-12)8-1-3-9(4-2-8)21-14(16)17/h1-4,14H,5-7H2. The van der Waals surface area contributed by atoms with E-state index in [2.05, 4.69) is 14.7 Å². The average molecular weight is 313 g/mol. The van der Waals surface area contributed by atoms with Crippen molar-refractivity contribution in [3.8, 4) is 17.1 Å². The van der Waals surface area contributed by atoms with Gasteiger partial charge in [0, 0.05) is 17.5 Å². The van der Waals surface area contributed by atoms with Crippen LogP contribution in [0.1, 0.15) is 11.3 Å². The highest BCUT2D eigenvalue weighted by atomic mass is 35.5. The van der Waals surface area contributed by atoms with Gasteiger partial charge in [-0.05, 0) is 24.3 Å². The van der Waals surface area contributed by atoms with Crippen molar-refractivity contribution in [3.63, 3.8) is 0 Å². The summed E-state index contributed by atoms with van der Waals surface area (Å²) in [6.07, 6.45) is 0.678. The number of alkyl halides is 2. The first-order valence-corrected chi connectivity index (χ1v) is 6.69. The summed E-state index contributed by atoms with van der Waals surface area (Å²) in [4.78, 5) is 8.70. The van der Waals surface area contributed by atoms with Gasteiger partial charge in [0.05, 0.1) is 18.9 Å². The van der Waals surface area contributed by atoms with Gasteiger partial charge in [-0.25, -0.2) is 9.97 Å². The first kappa shape index (κ1) is 14.2. The Labute approximate surface area is 124 Å². The van der Waals surface area contributed by atoms with E-state index in [0.29, 0.717) is 36.2 Å². The molecule has 0 unspecified atom stereocenters. The second-order valence-electron chi connectivity index (χ2n) is 4.47. The third-order valence-electron chi connectivity index (χ3n) is 3.11. The molecule has 0 radical (unpaired) electrons. The van der Waals surface area contributed by atoms with Crippen molar-refractivity contribution < 1.29 is 18.3 Å². The molecule has 3 rings (SSSR count). The number of fused-ring (bicyclic) bond motifs is 1. The average Bonchev–Trinajstić information content (AvgIpc) is 2.47. The predicted molar refractivity (Wildman–Crippen MR) is 72.5 cm³/mol. The van der Waals surface area contributed by atoms with Crippen LogP contribution in [0, 0.1) is 0 Å². The van der Waals surface area contributed by atoms with E-state index >= 15 is 0 Å². The molecular weight excluding hydrogens is 302 g/mol. The summed E-state index contributed by atoms with van der Waals surface area (Å²) in [5.41, 5.74) is 2.36. The third-order valence-corrected chi connectivity index (χ3v) is 3.42. The minimum Gasteiger partial charge on any atom is -0.435 e. The van der Waals surface area contributed by atoms with Crippen molar-refractivity contribution in [1.29, 1.82) is 0 Å². The van der Waals surface area contributed by atoms with E-state index in [0.717, 1.165) is 11.3 Å². The van der Waals surface area contributed by atoms with Gasteiger partial charge in [-0.2, -0.15) is 8.78 Å². The van der Waals surface area contributed by atoms with E-state index in [1.807, 2.05) is 0 Å². The van der Waals surface area contributed by atoms with Crippen molar-refractivity contribution in [2.45, 2.75) is 19.6 Å². The van der Waals surface area contributed by atoms with Gasteiger partial charge in [-0.1, -0.05) is 11.6 Å². The van der Waals surface area contributed by atoms with Crippen LogP contribution in [-0.4, -0.2) is 23.2 Å². The molecule has 0 saturated heterocycles. The van der Waals surface area contributed by atoms with E-state index in [4.69, 9.17) is 16.3 Å². The molecule has 2 heterocycles. The van der Waals surface area contributed by atoms with Gasteiger partial charge in [0.25, 0.3) is 0 Å². The predicted octanol–water partition coefficient (Wildman–Crippen LogP) is 3.47. The number of benzene rings is 1. The molecule has 21 heavy (non-hydrogen) atoms. The summed E-state index contributed by atoms with van der Waals surface area (Å²) in [7, 11) is 0. The lowest BCUT2D eigenvalue weighted by Gasteiger charge is -2.17. The Kier molecular flexibility index (Phi) is 3.98. The van der Waals surface area contributed by atoms with Gasteiger partial charge < -0.3 is 9.47 Å². The Bertz CT molecular complexity index is 650. The molecule has 1 aliphatic rings. The van der Waals surface area contributed by atoms with Crippen molar-refractivity contribution in [3.05, 3.63) is 40.7 Å². The lowest BCUT2D eigenvalue weighted by atomic mass is 10.1. The van der Waals surface area contributed by atoms with Gasteiger partial charge in [0.1, 0.15) is 10.9 Å². The highest BCUT2D eigenvalue weighted by Crippen LogP contribution is 2.27. The Morgan fingerprint density at radius 1 is 1.19 bits per heavy atom. The quantitative estimate of drug-likeness (QED) is 0.814. The smallest absolute Gasteiger partial charge is 0.387 e. The van der Waals surface area contributed by atoms with Crippen LogP contribution in [0.4, 0.5) is 8.78 Å². The van der Waals surface area contributed by atoms with Crippen molar-refractivity contribution >= 4 is 11.6 Å². The highest BCUT2D eigenvalue weighted by Gasteiger charge is 2.17. The molecule has 1 aliphatic heterocycles. The Morgan fingerprint density at radius 3 is 2.67 bits per heavy atom. The monoisotopic (exact) mass is 312 g/mol. The van der Waals surface area contributed by atoms with E-state index in [1.165, 1.54) is 12.1 Å². The van der Waals surface area contributed by atoms with Crippen LogP contribution in [-0.2, 0) is 17.8 Å². The molecule has 0 fully saturated rings. The maximum Gasteiger partial charge on any atom is 0.387 e. The molecule has 0 aliphatic carbocycles. The fraction of sp³-hybridized carbons (Fsp3) is 0.286. The van der Waals surface area contributed by atoms with Gasteiger partial charge in [-0.15, -0.1) is 0 Å². The highest BCUT2D eigenvalue weighted by molar-refractivity contribution is 6.30. The van der Waals surface area contributed by atoms with E-state index in [9.17, 15) is 8.78 Å². The number of ether oxygens (including phenoxy) is 2. The molecular formula is C14H11ClF2N2O2. The second-order valence-corrected chi connectivity index (χ2v) is 4.83. The largest absolute Gasteiger partial charge is 0.435 e. The molecule has 2 aromatic rings. The summed E-state index contributed by atoms with van der Waals surface area (Å²) < 4.78 is 33.8. The molecule has 0 amide bonds. The fourth-order valence-electron chi connectivity index (χ4n) is 2.11. The second kappa shape index (κ2) is 5.91. The molecule has 4 nitrogen and oxygen atoms in total. The van der Waals surface area contributed by atoms with Gasteiger partial charge in [0.2, 0.25) is 0 Å². The van der Waals surface area contributed by atoms with Crippen LogP contribution in [0.2, 0.25) is 5.15 Å². The van der Waals surface area contributed by atoms with E-state index in [-0.39, 0.29) is 5.75 Å². The van der Waals surface area contributed by atoms with Crippen LogP contribution in [0.25, 0.3) is 11.4 Å². The summed E-state index contributed by atoms with van der Waals surface area (Å²) in [5.74, 6) is 0.551. The van der Waals surface area contributed by atoms with Crippen LogP contribution >= 0.6 is 11.6 Å². The summed E-state index contributed by atoms with van der Waals surface area (Å²) >= 11 is 6.14. The first-order chi connectivity index (χ1) is 10.1. The zero-order valence-corrected chi connectivity index (χ0v) is 11.6. The third kappa shape index (κ3) is 3.11. The molecule has 110 valence electrons. The van der Waals surface area contributed by atoms with Crippen LogP contribution in [0.3, 0.4) is 0 Å².